The molecule has 28 heavy (non-hydrogen) atoms. The van der Waals surface area contributed by atoms with Crippen molar-refractivity contribution in [3.63, 3.8) is 0 Å². The zero-order valence-electron chi connectivity index (χ0n) is 15.4. The van der Waals surface area contributed by atoms with Crippen LogP contribution < -0.4 is 0 Å². The molecule has 0 saturated carbocycles. The first-order valence-electron chi connectivity index (χ1n) is 9.13. The molecule has 144 valence electrons. The molecule has 1 heterocycles. The number of carbonyl (C=O) groups is 2. The second-order valence-corrected chi connectivity index (χ2v) is 6.86. The summed E-state index contributed by atoms with van der Waals surface area (Å²) in [4.78, 5) is 30.8. The predicted molar refractivity (Wildman–Crippen MR) is 114 cm³/mol. The second-order valence-electron chi connectivity index (χ2n) is 6.41. The first-order chi connectivity index (χ1) is 13.6. The van der Waals surface area contributed by atoms with Gasteiger partial charge >= 0.3 is 5.97 Å². The molecule has 6 heteroatoms. The van der Waals surface area contributed by atoms with E-state index in [1.54, 1.807) is 11.0 Å². The van der Waals surface area contributed by atoms with Gasteiger partial charge in [-0.2, -0.15) is 12.6 Å². The van der Waals surface area contributed by atoms with Gasteiger partial charge in [-0.15, -0.1) is 0 Å². The Hall–Kier alpha value is -2.86. The Kier molecular flexibility index (Phi) is 6.66. The van der Waals surface area contributed by atoms with Crippen LogP contribution in [0.3, 0.4) is 0 Å². The third-order valence-corrected chi connectivity index (χ3v) is 4.80. The Morgan fingerprint density at radius 3 is 2.50 bits per heavy atom. The van der Waals surface area contributed by atoms with Crippen molar-refractivity contribution in [3.05, 3.63) is 72.3 Å². The molecule has 2 aromatic carbocycles. The predicted octanol–water partition coefficient (Wildman–Crippen LogP) is 3.93. The number of carbonyl (C=O) groups excluding carboxylic acids is 1. The van der Waals surface area contributed by atoms with Gasteiger partial charge in [0.05, 0.1) is 0 Å². The number of aliphatic carboxylic acids is 1. The first-order valence-corrected chi connectivity index (χ1v) is 9.76. The van der Waals surface area contributed by atoms with Crippen LogP contribution in [-0.4, -0.2) is 46.1 Å². The van der Waals surface area contributed by atoms with Crippen LogP contribution in [0.5, 0.6) is 0 Å². The molecule has 1 aliphatic heterocycles. The van der Waals surface area contributed by atoms with Crippen LogP contribution in [0.1, 0.15) is 23.2 Å². The summed E-state index contributed by atoms with van der Waals surface area (Å²) in [6.07, 6.45) is 4.55. The van der Waals surface area contributed by atoms with Gasteiger partial charge in [-0.3, -0.25) is 14.7 Å². The van der Waals surface area contributed by atoms with Gasteiger partial charge < -0.3 is 5.11 Å². The minimum atomic E-state index is -1.01. The van der Waals surface area contributed by atoms with E-state index in [9.17, 15) is 14.7 Å². The van der Waals surface area contributed by atoms with Gasteiger partial charge in [0.15, 0.2) is 0 Å². The highest BCUT2D eigenvalue weighted by Crippen LogP contribution is 2.25. The quantitative estimate of drug-likeness (QED) is 0.576. The van der Waals surface area contributed by atoms with Gasteiger partial charge in [0.2, 0.25) is 0 Å². The van der Waals surface area contributed by atoms with Crippen LogP contribution in [-0.2, 0) is 4.79 Å². The van der Waals surface area contributed by atoms with Crippen molar-refractivity contribution in [1.82, 2.24) is 4.90 Å². The number of aliphatic imine (C=N–C) groups is 1. The van der Waals surface area contributed by atoms with E-state index < -0.39 is 12.0 Å². The molecule has 1 atom stereocenters. The Bertz CT molecular complexity index is 909. The average Bonchev–Trinajstić information content (AvgIpc) is 2.74. The van der Waals surface area contributed by atoms with E-state index in [0.29, 0.717) is 36.5 Å². The number of nitrogens with zero attached hydrogens (tertiary/aromatic N) is 2. The molecule has 2 aromatic rings. The Labute approximate surface area is 169 Å². The van der Waals surface area contributed by atoms with E-state index >= 15 is 0 Å². The molecule has 0 fully saturated rings. The summed E-state index contributed by atoms with van der Waals surface area (Å²) in [6, 6.07) is 16.3. The lowest BCUT2D eigenvalue weighted by molar-refractivity contribution is -0.138. The van der Waals surface area contributed by atoms with Gasteiger partial charge in [0.25, 0.3) is 5.91 Å². The molecule has 0 aliphatic carbocycles. The fourth-order valence-corrected chi connectivity index (χ4v) is 3.38. The van der Waals surface area contributed by atoms with Crippen molar-refractivity contribution >= 4 is 30.3 Å². The summed E-state index contributed by atoms with van der Waals surface area (Å²) >= 11 is 4.12. The molecule has 0 radical (unpaired) electrons. The normalized spacial score (nSPS) is 16.2. The zero-order valence-corrected chi connectivity index (χ0v) is 16.3. The van der Waals surface area contributed by atoms with Crippen molar-refractivity contribution in [2.75, 3.05) is 12.3 Å². The summed E-state index contributed by atoms with van der Waals surface area (Å²) in [5, 5.41) is 9.41. The van der Waals surface area contributed by atoms with E-state index in [2.05, 4.69) is 17.6 Å². The smallest absolute Gasteiger partial charge is 0.328 e. The first kappa shape index (κ1) is 19.9. The number of benzene rings is 2. The lowest BCUT2D eigenvalue weighted by Gasteiger charge is -2.27. The SMILES string of the molecule is O=C(O)[C@H](CCS)N=C1CC=CCN1C(=O)c1ccccc1-c1ccccc1. The highest BCUT2D eigenvalue weighted by atomic mass is 32.1. The molecule has 0 bridgehead atoms. The van der Waals surface area contributed by atoms with Gasteiger partial charge in [-0.1, -0.05) is 60.7 Å². The highest BCUT2D eigenvalue weighted by Gasteiger charge is 2.26. The summed E-state index contributed by atoms with van der Waals surface area (Å²) < 4.78 is 0. The molecule has 1 amide bonds. The maximum absolute atomic E-state index is 13.4. The maximum Gasteiger partial charge on any atom is 0.328 e. The van der Waals surface area contributed by atoms with Crippen LogP contribution in [0.15, 0.2) is 71.7 Å². The Morgan fingerprint density at radius 2 is 1.79 bits per heavy atom. The fraction of sp³-hybridized carbons (Fsp3) is 0.227. The number of amidine groups is 1. The van der Waals surface area contributed by atoms with Crippen LogP contribution in [0.4, 0.5) is 0 Å². The van der Waals surface area contributed by atoms with Gasteiger partial charge in [0, 0.05) is 18.5 Å². The third kappa shape index (κ3) is 4.51. The third-order valence-electron chi connectivity index (χ3n) is 4.55. The summed E-state index contributed by atoms with van der Waals surface area (Å²) in [7, 11) is 0. The molecule has 0 aromatic heterocycles. The van der Waals surface area contributed by atoms with Crippen LogP contribution in [0.2, 0.25) is 0 Å². The van der Waals surface area contributed by atoms with Gasteiger partial charge in [0.1, 0.15) is 11.9 Å². The summed E-state index contributed by atoms with van der Waals surface area (Å²) in [5.74, 6) is -0.302. The topological polar surface area (TPSA) is 70.0 Å². The number of thiol groups is 1. The molecular formula is C22H22N2O3S. The lowest BCUT2D eigenvalue weighted by atomic mass is 9.98. The van der Waals surface area contributed by atoms with Crippen molar-refractivity contribution < 1.29 is 14.7 Å². The van der Waals surface area contributed by atoms with E-state index in [4.69, 9.17) is 0 Å². The number of hydrogen-bond donors (Lipinski definition) is 2. The van der Waals surface area contributed by atoms with E-state index in [-0.39, 0.29) is 5.91 Å². The molecule has 3 rings (SSSR count). The minimum Gasteiger partial charge on any atom is -0.480 e. The lowest BCUT2D eigenvalue weighted by Crippen LogP contribution is -2.40. The summed E-state index contributed by atoms with van der Waals surface area (Å²) in [5.41, 5.74) is 2.36. The standard InChI is InChI=1S/C22H22N2O3S/c25-21(18-11-5-4-10-17(18)16-8-2-1-3-9-16)24-14-7-6-12-20(24)23-19(13-15-28)22(26)27/h1-11,19,28H,12-15H2,(H,26,27)/t19-/m0/s1. The van der Waals surface area contributed by atoms with Gasteiger partial charge in [-0.25, -0.2) is 4.79 Å². The minimum absolute atomic E-state index is 0.183. The van der Waals surface area contributed by atoms with Crippen molar-refractivity contribution in [3.8, 4) is 11.1 Å². The van der Waals surface area contributed by atoms with Gasteiger partial charge in [-0.05, 0) is 29.4 Å². The fourth-order valence-electron chi connectivity index (χ4n) is 3.14. The van der Waals surface area contributed by atoms with Crippen molar-refractivity contribution in [1.29, 1.82) is 0 Å². The number of rotatable bonds is 6. The van der Waals surface area contributed by atoms with E-state index in [1.165, 1.54) is 0 Å². The molecule has 0 unspecified atom stereocenters. The summed E-state index contributed by atoms with van der Waals surface area (Å²) in [6.45, 7) is 0.369. The molecule has 1 N–H and O–H groups in total. The largest absolute Gasteiger partial charge is 0.480 e. The Morgan fingerprint density at radius 1 is 1.07 bits per heavy atom. The van der Waals surface area contributed by atoms with Crippen molar-refractivity contribution in [2.45, 2.75) is 18.9 Å². The van der Waals surface area contributed by atoms with Crippen LogP contribution >= 0.6 is 12.6 Å². The molecule has 5 nitrogen and oxygen atoms in total. The maximum atomic E-state index is 13.4. The zero-order chi connectivity index (χ0) is 19.9. The van der Waals surface area contributed by atoms with Crippen LogP contribution in [0, 0.1) is 0 Å². The van der Waals surface area contributed by atoms with Crippen molar-refractivity contribution in [2.24, 2.45) is 4.99 Å². The number of carboxylic acids is 1. The monoisotopic (exact) mass is 394 g/mol. The molecular weight excluding hydrogens is 372 g/mol. The Balaban J connectivity index is 1.97. The highest BCUT2D eigenvalue weighted by molar-refractivity contribution is 7.80. The van der Waals surface area contributed by atoms with E-state index in [0.717, 1.165) is 11.1 Å². The molecule has 1 aliphatic rings. The molecule has 0 saturated heterocycles. The number of amides is 1. The molecule has 0 spiro atoms. The van der Waals surface area contributed by atoms with E-state index in [1.807, 2.05) is 60.7 Å². The van der Waals surface area contributed by atoms with Crippen LogP contribution in [0.25, 0.3) is 11.1 Å². The number of hydrogen-bond acceptors (Lipinski definition) is 4. The average molecular weight is 394 g/mol. The number of carboxylic acid groups (broad SMARTS) is 1. The second kappa shape index (κ2) is 9.37.